The normalized spacial score (nSPS) is 13.0. The van der Waals surface area contributed by atoms with Crippen LogP contribution in [0.2, 0.25) is 0 Å². The number of para-hydroxylation sites is 2. The van der Waals surface area contributed by atoms with Crippen molar-refractivity contribution in [3.63, 3.8) is 0 Å². The first-order valence-electron chi connectivity index (χ1n) is 6.97. The second kappa shape index (κ2) is 7.23. The summed E-state index contributed by atoms with van der Waals surface area (Å²) in [6, 6.07) is 16.3. The molecule has 1 atom stereocenters. The fourth-order valence-corrected chi connectivity index (χ4v) is 3.47. The van der Waals surface area contributed by atoms with Crippen molar-refractivity contribution in [3.05, 3.63) is 60.2 Å². The van der Waals surface area contributed by atoms with Gasteiger partial charge in [-0.1, -0.05) is 76.9 Å². The number of carbonyl (C=O) groups is 1. The van der Waals surface area contributed by atoms with Crippen molar-refractivity contribution in [2.45, 2.75) is 14.3 Å². The van der Waals surface area contributed by atoms with Crippen LogP contribution in [0.25, 0.3) is 11.0 Å². The Kier molecular flexibility index (Phi) is 5.25. The quantitative estimate of drug-likeness (QED) is 0.376. The third-order valence-electron chi connectivity index (χ3n) is 3.19. The minimum atomic E-state index is -1.70. The van der Waals surface area contributed by atoms with Gasteiger partial charge in [-0.3, -0.25) is 4.79 Å². The van der Waals surface area contributed by atoms with Gasteiger partial charge in [-0.05, 0) is 24.3 Å². The second-order valence-corrected chi connectivity index (χ2v) is 8.40. The number of nitrogens with zero attached hydrogens (tertiary/aromatic N) is 1. The second-order valence-electron chi connectivity index (χ2n) is 4.94. The molecule has 2 N–H and O–H groups in total. The number of benzene rings is 2. The number of amides is 1. The van der Waals surface area contributed by atoms with Gasteiger partial charge in [0.05, 0.1) is 11.0 Å². The summed E-state index contributed by atoms with van der Waals surface area (Å²) in [6.45, 7) is 0. The van der Waals surface area contributed by atoms with Gasteiger partial charge in [0.25, 0.3) is 5.91 Å². The summed E-state index contributed by atoms with van der Waals surface area (Å²) in [5, 5.41) is 2.48. The van der Waals surface area contributed by atoms with Crippen molar-refractivity contribution in [2.75, 3.05) is 0 Å². The standard InChI is InChI=1S/C16H12Cl3N3OS/c17-16(18,19)14(22-13(23)10-6-2-1-3-7-10)24-15-20-11-8-4-5-9-12(11)21-15/h1-9,14H,(H,20,21)(H,22,23)/t14-/m1/s1. The molecule has 0 fully saturated rings. The number of rotatable bonds is 4. The van der Waals surface area contributed by atoms with Gasteiger partial charge in [-0.25, -0.2) is 4.98 Å². The van der Waals surface area contributed by atoms with E-state index < -0.39 is 9.17 Å². The highest BCUT2D eigenvalue weighted by Gasteiger charge is 2.36. The number of thioether (sulfide) groups is 1. The van der Waals surface area contributed by atoms with E-state index in [1.807, 2.05) is 30.3 Å². The number of alkyl halides is 3. The summed E-state index contributed by atoms with van der Waals surface area (Å²) in [5.41, 5.74) is 2.16. The Balaban J connectivity index is 1.80. The van der Waals surface area contributed by atoms with Gasteiger partial charge >= 0.3 is 0 Å². The lowest BCUT2D eigenvalue weighted by atomic mass is 10.2. The van der Waals surface area contributed by atoms with Gasteiger partial charge in [0.2, 0.25) is 3.79 Å². The lowest BCUT2D eigenvalue weighted by molar-refractivity contribution is 0.0950. The summed E-state index contributed by atoms with van der Waals surface area (Å²) in [7, 11) is 0. The molecule has 8 heteroatoms. The maximum absolute atomic E-state index is 12.3. The number of halogens is 3. The van der Waals surface area contributed by atoms with Crippen LogP contribution in [0.3, 0.4) is 0 Å². The Morgan fingerprint density at radius 3 is 2.42 bits per heavy atom. The summed E-state index contributed by atoms with van der Waals surface area (Å²) >= 11 is 19.2. The number of imidazole rings is 1. The van der Waals surface area contributed by atoms with E-state index in [4.69, 9.17) is 34.8 Å². The summed E-state index contributed by atoms with van der Waals surface area (Å²) in [4.78, 5) is 19.9. The van der Waals surface area contributed by atoms with Crippen LogP contribution in [0.15, 0.2) is 59.8 Å². The fraction of sp³-hybridized carbons (Fsp3) is 0.125. The number of hydrogen-bond donors (Lipinski definition) is 2. The van der Waals surface area contributed by atoms with E-state index in [0.29, 0.717) is 10.7 Å². The maximum Gasteiger partial charge on any atom is 0.252 e. The molecule has 2 aromatic carbocycles. The molecule has 24 heavy (non-hydrogen) atoms. The Labute approximate surface area is 157 Å². The summed E-state index contributed by atoms with van der Waals surface area (Å²) < 4.78 is -1.70. The van der Waals surface area contributed by atoms with Gasteiger partial charge in [0, 0.05) is 5.56 Å². The van der Waals surface area contributed by atoms with Gasteiger partial charge in [0.1, 0.15) is 5.37 Å². The molecule has 1 heterocycles. The average molecular weight is 401 g/mol. The molecule has 0 spiro atoms. The van der Waals surface area contributed by atoms with Gasteiger partial charge in [-0.2, -0.15) is 0 Å². The number of H-pyrrole nitrogens is 1. The molecule has 0 saturated carbocycles. The molecule has 0 aliphatic rings. The lowest BCUT2D eigenvalue weighted by Crippen LogP contribution is -2.41. The molecule has 1 amide bonds. The highest BCUT2D eigenvalue weighted by Crippen LogP contribution is 2.39. The molecular formula is C16H12Cl3N3OS. The van der Waals surface area contributed by atoms with Crippen LogP contribution in [0, 0.1) is 0 Å². The van der Waals surface area contributed by atoms with E-state index in [9.17, 15) is 4.79 Å². The third kappa shape index (κ3) is 4.16. The predicted octanol–water partition coefficient (Wildman–Crippen LogP) is 4.78. The first-order chi connectivity index (χ1) is 11.4. The van der Waals surface area contributed by atoms with Crippen LogP contribution in [0.1, 0.15) is 10.4 Å². The monoisotopic (exact) mass is 399 g/mol. The number of hydrogen-bond acceptors (Lipinski definition) is 3. The van der Waals surface area contributed by atoms with Crippen molar-refractivity contribution in [1.82, 2.24) is 15.3 Å². The molecule has 0 saturated heterocycles. The van der Waals surface area contributed by atoms with Gasteiger partial charge < -0.3 is 10.3 Å². The molecule has 3 rings (SSSR count). The Morgan fingerprint density at radius 1 is 1.08 bits per heavy atom. The van der Waals surface area contributed by atoms with Crippen molar-refractivity contribution < 1.29 is 4.79 Å². The third-order valence-corrected chi connectivity index (χ3v) is 5.36. The van der Waals surface area contributed by atoms with Gasteiger partial charge in [-0.15, -0.1) is 0 Å². The van der Waals surface area contributed by atoms with Crippen LogP contribution in [0.4, 0.5) is 0 Å². The topological polar surface area (TPSA) is 57.8 Å². The number of nitrogens with one attached hydrogen (secondary N) is 2. The first-order valence-corrected chi connectivity index (χ1v) is 8.99. The number of carbonyl (C=O) groups excluding carboxylic acids is 1. The smallest absolute Gasteiger partial charge is 0.252 e. The highest BCUT2D eigenvalue weighted by molar-refractivity contribution is 8.00. The Morgan fingerprint density at radius 2 is 1.75 bits per heavy atom. The van der Waals surface area contributed by atoms with Crippen LogP contribution >= 0.6 is 46.6 Å². The molecule has 0 aliphatic heterocycles. The Hall–Kier alpha value is -1.40. The van der Waals surface area contributed by atoms with Gasteiger partial charge in [0.15, 0.2) is 5.16 Å². The molecule has 124 valence electrons. The minimum Gasteiger partial charge on any atom is -0.336 e. The number of aromatic amines is 1. The summed E-state index contributed by atoms with van der Waals surface area (Å²) in [6.07, 6.45) is 0. The van der Waals surface area contributed by atoms with Crippen LogP contribution in [0.5, 0.6) is 0 Å². The maximum atomic E-state index is 12.3. The SMILES string of the molecule is O=C(N[C@H](Sc1nc2ccccc2[nH]1)C(Cl)(Cl)Cl)c1ccccc1. The Bertz CT molecular complexity index is 815. The molecule has 0 aliphatic carbocycles. The van der Waals surface area contributed by atoms with E-state index in [-0.39, 0.29) is 5.91 Å². The van der Waals surface area contributed by atoms with Crippen molar-refractivity contribution in [3.8, 4) is 0 Å². The molecule has 0 bridgehead atoms. The lowest BCUT2D eigenvalue weighted by Gasteiger charge is -2.24. The van der Waals surface area contributed by atoms with Crippen LogP contribution in [-0.2, 0) is 0 Å². The molecule has 1 aromatic heterocycles. The zero-order valence-electron chi connectivity index (χ0n) is 12.2. The molecule has 3 aromatic rings. The van der Waals surface area contributed by atoms with Crippen molar-refractivity contribution in [1.29, 1.82) is 0 Å². The average Bonchev–Trinajstić information content (AvgIpc) is 2.96. The van der Waals surface area contributed by atoms with Crippen molar-refractivity contribution in [2.24, 2.45) is 0 Å². The van der Waals surface area contributed by atoms with Crippen LogP contribution < -0.4 is 5.32 Å². The zero-order valence-corrected chi connectivity index (χ0v) is 15.3. The van der Waals surface area contributed by atoms with E-state index in [0.717, 1.165) is 22.8 Å². The molecule has 0 radical (unpaired) electrons. The van der Waals surface area contributed by atoms with Crippen LogP contribution in [-0.4, -0.2) is 25.0 Å². The fourth-order valence-electron chi connectivity index (χ4n) is 2.07. The molecule has 0 unspecified atom stereocenters. The largest absolute Gasteiger partial charge is 0.336 e. The first kappa shape index (κ1) is 17.4. The van der Waals surface area contributed by atoms with E-state index >= 15 is 0 Å². The zero-order chi connectivity index (χ0) is 17.2. The van der Waals surface area contributed by atoms with E-state index in [1.165, 1.54) is 0 Å². The van der Waals surface area contributed by atoms with Crippen molar-refractivity contribution >= 4 is 63.5 Å². The molecular weight excluding hydrogens is 389 g/mol. The summed E-state index contributed by atoms with van der Waals surface area (Å²) in [5.74, 6) is -0.324. The van der Waals surface area contributed by atoms with E-state index in [1.54, 1.807) is 24.3 Å². The predicted molar refractivity (Wildman–Crippen MR) is 99.9 cm³/mol. The minimum absolute atomic E-state index is 0.324. The number of fused-ring (bicyclic) bond motifs is 1. The highest BCUT2D eigenvalue weighted by atomic mass is 35.6. The molecule has 4 nitrogen and oxygen atoms in total. The number of aromatic nitrogens is 2. The van der Waals surface area contributed by atoms with E-state index in [2.05, 4.69) is 15.3 Å².